The van der Waals surface area contributed by atoms with Gasteiger partial charge in [-0.1, -0.05) is 6.92 Å². The number of nitrogens with zero attached hydrogens (tertiary/aromatic N) is 1. The molecule has 3 rings (SSSR count). The molecule has 0 unspecified atom stereocenters. The minimum Gasteiger partial charge on any atom is -0.355 e. The van der Waals surface area contributed by atoms with Crippen LogP contribution in [0.25, 0.3) is 0 Å². The van der Waals surface area contributed by atoms with Crippen molar-refractivity contribution in [2.75, 3.05) is 12.4 Å². The SMILES string of the molecule is CNC(=O)c1c(NC(=O)c2ccc(C#N)cc2)sc2c1CC[C@H](C)C2. The number of nitrogens with one attached hydrogen (secondary N) is 2. The third kappa shape index (κ3) is 3.42. The van der Waals surface area contributed by atoms with Gasteiger partial charge in [-0.05, 0) is 55.0 Å². The largest absolute Gasteiger partial charge is 0.355 e. The molecule has 0 aliphatic heterocycles. The van der Waals surface area contributed by atoms with E-state index in [0.717, 1.165) is 24.8 Å². The van der Waals surface area contributed by atoms with Gasteiger partial charge in [0.25, 0.3) is 11.8 Å². The van der Waals surface area contributed by atoms with Crippen LogP contribution in [0.1, 0.15) is 50.1 Å². The van der Waals surface area contributed by atoms with Crippen LogP contribution in [0, 0.1) is 17.2 Å². The van der Waals surface area contributed by atoms with Crippen LogP contribution in [-0.4, -0.2) is 18.9 Å². The number of carbonyl (C=O) groups is 2. The molecule has 1 aromatic carbocycles. The number of carbonyl (C=O) groups excluding carboxylic acids is 2. The quantitative estimate of drug-likeness (QED) is 0.888. The predicted octanol–water partition coefficient (Wildman–Crippen LogP) is 3.36. The van der Waals surface area contributed by atoms with Crippen molar-refractivity contribution in [3.05, 3.63) is 51.4 Å². The van der Waals surface area contributed by atoms with E-state index < -0.39 is 0 Å². The lowest BCUT2D eigenvalue weighted by Crippen LogP contribution is -2.22. The van der Waals surface area contributed by atoms with E-state index in [4.69, 9.17) is 5.26 Å². The van der Waals surface area contributed by atoms with Gasteiger partial charge in [0, 0.05) is 17.5 Å². The van der Waals surface area contributed by atoms with Crippen LogP contribution >= 0.6 is 11.3 Å². The second-order valence-corrected chi connectivity index (χ2v) is 7.38. The molecule has 1 aliphatic carbocycles. The molecule has 1 aromatic heterocycles. The van der Waals surface area contributed by atoms with Gasteiger partial charge in [0.2, 0.25) is 0 Å². The minimum atomic E-state index is -0.277. The summed E-state index contributed by atoms with van der Waals surface area (Å²) in [6, 6.07) is 8.47. The number of benzene rings is 1. The second kappa shape index (κ2) is 7.08. The maximum Gasteiger partial charge on any atom is 0.256 e. The van der Waals surface area contributed by atoms with Crippen LogP contribution in [0.15, 0.2) is 24.3 Å². The highest BCUT2D eigenvalue weighted by Crippen LogP contribution is 2.39. The van der Waals surface area contributed by atoms with E-state index in [1.807, 2.05) is 6.07 Å². The Morgan fingerprint density at radius 3 is 2.60 bits per heavy atom. The highest BCUT2D eigenvalue weighted by molar-refractivity contribution is 7.17. The molecule has 128 valence electrons. The summed E-state index contributed by atoms with van der Waals surface area (Å²) in [7, 11) is 1.60. The predicted molar refractivity (Wildman–Crippen MR) is 98.0 cm³/mol. The molecule has 6 heteroatoms. The van der Waals surface area contributed by atoms with Gasteiger partial charge in [-0.25, -0.2) is 0 Å². The normalized spacial score (nSPS) is 15.8. The molecule has 1 heterocycles. The van der Waals surface area contributed by atoms with Gasteiger partial charge in [-0.2, -0.15) is 5.26 Å². The van der Waals surface area contributed by atoms with Crippen LogP contribution < -0.4 is 10.6 Å². The van der Waals surface area contributed by atoms with Gasteiger partial charge < -0.3 is 10.6 Å². The Balaban J connectivity index is 1.92. The number of fused-ring (bicyclic) bond motifs is 1. The zero-order valence-corrected chi connectivity index (χ0v) is 15.0. The van der Waals surface area contributed by atoms with E-state index in [-0.39, 0.29) is 11.8 Å². The minimum absolute atomic E-state index is 0.165. The summed E-state index contributed by atoms with van der Waals surface area (Å²) in [4.78, 5) is 26.1. The van der Waals surface area contributed by atoms with Gasteiger partial charge >= 0.3 is 0 Å². The van der Waals surface area contributed by atoms with E-state index in [1.165, 1.54) is 16.2 Å². The highest BCUT2D eigenvalue weighted by atomic mass is 32.1. The summed E-state index contributed by atoms with van der Waals surface area (Å²) in [5.74, 6) is 0.147. The van der Waals surface area contributed by atoms with E-state index in [2.05, 4.69) is 17.6 Å². The molecule has 0 bridgehead atoms. The van der Waals surface area contributed by atoms with Crippen molar-refractivity contribution in [2.45, 2.75) is 26.2 Å². The lowest BCUT2D eigenvalue weighted by Gasteiger charge is -2.18. The molecule has 0 saturated heterocycles. The molecule has 1 atom stereocenters. The zero-order valence-electron chi connectivity index (χ0n) is 14.2. The summed E-state index contributed by atoms with van der Waals surface area (Å²) in [6.45, 7) is 2.21. The molecule has 0 spiro atoms. The first-order valence-corrected chi connectivity index (χ1v) is 9.03. The Morgan fingerprint density at radius 1 is 1.24 bits per heavy atom. The molecule has 1 aliphatic rings. The number of anilines is 1. The fraction of sp³-hybridized carbons (Fsp3) is 0.316. The van der Waals surface area contributed by atoms with Crippen LogP contribution in [0.4, 0.5) is 5.00 Å². The van der Waals surface area contributed by atoms with E-state index in [9.17, 15) is 9.59 Å². The molecule has 0 radical (unpaired) electrons. The zero-order chi connectivity index (χ0) is 18.0. The van der Waals surface area contributed by atoms with Gasteiger partial charge in [0.15, 0.2) is 0 Å². The average molecular weight is 353 g/mol. The number of nitriles is 1. The van der Waals surface area contributed by atoms with E-state index in [1.54, 1.807) is 31.3 Å². The molecule has 5 nitrogen and oxygen atoms in total. The van der Waals surface area contributed by atoms with Crippen LogP contribution in [-0.2, 0) is 12.8 Å². The third-order valence-electron chi connectivity index (χ3n) is 4.47. The number of hydrogen-bond acceptors (Lipinski definition) is 4. The Hall–Kier alpha value is -2.65. The maximum atomic E-state index is 12.5. The Morgan fingerprint density at radius 2 is 1.96 bits per heavy atom. The average Bonchev–Trinajstić information content (AvgIpc) is 2.97. The molecule has 2 aromatic rings. The van der Waals surface area contributed by atoms with Crippen LogP contribution in [0.3, 0.4) is 0 Å². The Kier molecular flexibility index (Phi) is 4.86. The highest BCUT2D eigenvalue weighted by Gasteiger charge is 2.28. The van der Waals surface area contributed by atoms with Crippen molar-refractivity contribution < 1.29 is 9.59 Å². The Labute approximate surface area is 150 Å². The Bertz CT molecular complexity index is 862. The van der Waals surface area contributed by atoms with Crippen molar-refractivity contribution >= 4 is 28.2 Å². The first kappa shape index (κ1) is 17.2. The van der Waals surface area contributed by atoms with Gasteiger partial charge in [0.05, 0.1) is 17.2 Å². The first-order valence-electron chi connectivity index (χ1n) is 8.21. The van der Waals surface area contributed by atoms with Crippen molar-refractivity contribution in [3.63, 3.8) is 0 Å². The summed E-state index contributed by atoms with van der Waals surface area (Å²) < 4.78 is 0. The monoisotopic (exact) mass is 353 g/mol. The molecular formula is C19H19N3O2S. The van der Waals surface area contributed by atoms with Crippen molar-refractivity contribution in [1.82, 2.24) is 5.32 Å². The van der Waals surface area contributed by atoms with Gasteiger partial charge in [-0.15, -0.1) is 11.3 Å². The summed E-state index contributed by atoms with van der Waals surface area (Å²) in [5, 5.41) is 15.0. The molecule has 25 heavy (non-hydrogen) atoms. The summed E-state index contributed by atoms with van der Waals surface area (Å²) in [5.41, 5.74) is 2.62. The third-order valence-corrected chi connectivity index (χ3v) is 5.64. The molecule has 2 N–H and O–H groups in total. The van der Waals surface area contributed by atoms with E-state index in [0.29, 0.717) is 27.6 Å². The second-order valence-electron chi connectivity index (χ2n) is 6.28. The first-order chi connectivity index (χ1) is 12.0. The molecule has 0 saturated carbocycles. The van der Waals surface area contributed by atoms with Gasteiger partial charge in [-0.3, -0.25) is 9.59 Å². The van der Waals surface area contributed by atoms with Gasteiger partial charge in [0.1, 0.15) is 5.00 Å². The standard InChI is InChI=1S/C19H19N3O2S/c1-11-3-8-14-15(9-11)25-19(16(14)18(24)21-2)22-17(23)13-6-4-12(10-20)5-7-13/h4-7,11H,3,8-9H2,1-2H3,(H,21,24)(H,22,23)/t11-/m0/s1. The fourth-order valence-corrected chi connectivity index (χ4v) is 4.48. The summed E-state index contributed by atoms with van der Waals surface area (Å²) >= 11 is 1.49. The number of amides is 2. The molecule has 0 fully saturated rings. The van der Waals surface area contributed by atoms with E-state index >= 15 is 0 Å². The maximum absolute atomic E-state index is 12.5. The number of thiophene rings is 1. The smallest absolute Gasteiger partial charge is 0.256 e. The van der Waals surface area contributed by atoms with Crippen molar-refractivity contribution in [1.29, 1.82) is 5.26 Å². The lowest BCUT2D eigenvalue weighted by atomic mass is 9.88. The number of hydrogen-bond donors (Lipinski definition) is 2. The van der Waals surface area contributed by atoms with Crippen molar-refractivity contribution in [2.24, 2.45) is 5.92 Å². The van der Waals surface area contributed by atoms with Crippen molar-refractivity contribution in [3.8, 4) is 6.07 Å². The van der Waals surface area contributed by atoms with Crippen LogP contribution in [0.5, 0.6) is 0 Å². The lowest BCUT2D eigenvalue weighted by molar-refractivity contribution is 0.0963. The summed E-state index contributed by atoms with van der Waals surface area (Å²) in [6.07, 6.45) is 2.86. The van der Waals surface area contributed by atoms with Crippen LogP contribution in [0.2, 0.25) is 0 Å². The topological polar surface area (TPSA) is 82.0 Å². The molecule has 2 amide bonds. The molecular weight excluding hydrogens is 334 g/mol. The number of rotatable bonds is 3. The fourth-order valence-electron chi connectivity index (χ4n) is 3.08.